The molecule has 1 aromatic heterocycles. The van der Waals surface area contributed by atoms with E-state index in [0.29, 0.717) is 27.3 Å². The number of anilines is 1. The normalized spacial score (nSPS) is 11.1. The first kappa shape index (κ1) is 22.3. The van der Waals surface area contributed by atoms with Crippen LogP contribution in [0.3, 0.4) is 0 Å². The van der Waals surface area contributed by atoms with Crippen molar-refractivity contribution in [3.8, 4) is 16.2 Å². The summed E-state index contributed by atoms with van der Waals surface area (Å²) in [5.74, 6) is -2.66. The molecule has 2 aromatic carbocycles. The minimum atomic E-state index is -3.66. The van der Waals surface area contributed by atoms with Gasteiger partial charge in [0.2, 0.25) is 10.0 Å². The number of carboxylic acids is 2. The van der Waals surface area contributed by atoms with Crippen LogP contribution in [-0.2, 0) is 20.6 Å². The van der Waals surface area contributed by atoms with Gasteiger partial charge in [0.1, 0.15) is 5.75 Å². The molecule has 162 valence electrons. The zero-order chi connectivity index (χ0) is 22.6. The van der Waals surface area contributed by atoms with Gasteiger partial charge in [-0.25, -0.2) is 18.0 Å². The molecule has 0 aliphatic carbocycles. The Kier molecular flexibility index (Phi) is 6.62. The molecule has 3 aromatic rings. The highest BCUT2D eigenvalue weighted by Gasteiger charge is 2.23. The van der Waals surface area contributed by atoms with E-state index in [2.05, 4.69) is 4.72 Å². The quantitative estimate of drug-likeness (QED) is 0.441. The zero-order valence-electron chi connectivity index (χ0n) is 16.4. The first-order valence-electron chi connectivity index (χ1n) is 9.02. The van der Waals surface area contributed by atoms with E-state index in [1.54, 1.807) is 61.5 Å². The third-order valence-corrected chi connectivity index (χ3v) is 6.79. The summed E-state index contributed by atoms with van der Waals surface area (Å²) >= 11 is 0.934. The van der Waals surface area contributed by atoms with Crippen molar-refractivity contribution in [2.24, 2.45) is 0 Å². The molecule has 0 radical (unpaired) electrons. The molecule has 0 spiro atoms. The average molecular weight is 462 g/mol. The molecule has 3 rings (SSSR count). The number of carboxylic acid groups (broad SMARTS) is 2. The van der Waals surface area contributed by atoms with Gasteiger partial charge in [0, 0.05) is 16.1 Å². The van der Waals surface area contributed by atoms with Crippen molar-refractivity contribution in [3.05, 3.63) is 70.6 Å². The van der Waals surface area contributed by atoms with Crippen LogP contribution in [0.4, 0.5) is 5.69 Å². The van der Waals surface area contributed by atoms with Gasteiger partial charge < -0.3 is 14.9 Å². The van der Waals surface area contributed by atoms with Gasteiger partial charge in [0.15, 0.2) is 11.5 Å². The Morgan fingerprint density at radius 1 is 1.06 bits per heavy atom. The van der Waals surface area contributed by atoms with Crippen molar-refractivity contribution >= 4 is 39.0 Å². The summed E-state index contributed by atoms with van der Waals surface area (Å²) in [5, 5.41) is 18.3. The maximum absolute atomic E-state index is 12.5. The average Bonchev–Trinajstić information content (AvgIpc) is 3.03. The molecule has 0 unspecified atom stereocenters. The maximum atomic E-state index is 12.5. The molecule has 0 bridgehead atoms. The molecule has 0 aliphatic rings. The van der Waals surface area contributed by atoms with Crippen molar-refractivity contribution in [1.29, 1.82) is 0 Å². The third kappa shape index (κ3) is 5.62. The fraction of sp³-hybridized carbons (Fsp3) is 0.143. The number of aliphatic carboxylic acids is 1. The van der Waals surface area contributed by atoms with E-state index < -0.39 is 28.6 Å². The molecular formula is C21H19NO7S2. The molecule has 0 atom stereocenters. The highest BCUT2D eigenvalue weighted by atomic mass is 32.2. The number of carbonyl (C=O) groups is 2. The van der Waals surface area contributed by atoms with Crippen LogP contribution in [0.15, 0.2) is 54.6 Å². The van der Waals surface area contributed by atoms with Gasteiger partial charge >= 0.3 is 11.9 Å². The van der Waals surface area contributed by atoms with E-state index in [1.807, 2.05) is 0 Å². The lowest BCUT2D eigenvalue weighted by Gasteiger charge is -2.10. The fourth-order valence-electron chi connectivity index (χ4n) is 2.96. The number of thiophene rings is 1. The van der Waals surface area contributed by atoms with Gasteiger partial charge in [0.25, 0.3) is 0 Å². The standard InChI is InChI=1S/C21H19NO7S2/c1-13-18(29-11-17(23)24)20(21(25)26)30-19(13)15-8-5-9-16(10-15)22-31(27,28)12-14-6-3-2-4-7-14/h2-10,22H,11-12H2,1H3,(H,23,24)(H,25,26). The molecule has 0 saturated carbocycles. The van der Waals surface area contributed by atoms with E-state index in [4.69, 9.17) is 9.84 Å². The summed E-state index contributed by atoms with van der Waals surface area (Å²) in [6.45, 7) is 0.957. The summed E-state index contributed by atoms with van der Waals surface area (Å²) in [7, 11) is -3.66. The lowest BCUT2D eigenvalue weighted by Crippen LogP contribution is -2.15. The predicted octanol–water partition coefficient (Wildman–Crippen LogP) is 3.83. The van der Waals surface area contributed by atoms with E-state index in [-0.39, 0.29) is 16.4 Å². The summed E-state index contributed by atoms with van der Waals surface area (Å²) < 4.78 is 32.8. The second-order valence-corrected chi connectivity index (χ2v) is 9.37. The first-order chi connectivity index (χ1) is 14.7. The lowest BCUT2D eigenvalue weighted by molar-refractivity contribution is -0.139. The van der Waals surface area contributed by atoms with Crippen LogP contribution in [0.2, 0.25) is 0 Å². The molecule has 0 fully saturated rings. The summed E-state index contributed by atoms with van der Waals surface area (Å²) in [5.41, 5.74) is 2.01. The zero-order valence-corrected chi connectivity index (χ0v) is 18.0. The molecule has 0 saturated heterocycles. The van der Waals surface area contributed by atoms with Crippen molar-refractivity contribution in [3.63, 3.8) is 0 Å². The Balaban J connectivity index is 1.90. The van der Waals surface area contributed by atoms with Crippen molar-refractivity contribution < 1.29 is 33.0 Å². The van der Waals surface area contributed by atoms with Gasteiger partial charge in [-0.1, -0.05) is 42.5 Å². The number of hydrogen-bond donors (Lipinski definition) is 3. The van der Waals surface area contributed by atoms with Crippen LogP contribution >= 0.6 is 11.3 Å². The monoisotopic (exact) mass is 461 g/mol. The van der Waals surface area contributed by atoms with Crippen LogP contribution < -0.4 is 9.46 Å². The van der Waals surface area contributed by atoms with Gasteiger partial charge in [-0.05, 0) is 30.2 Å². The Morgan fingerprint density at radius 2 is 1.77 bits per heavy atom. The highest BCUT2D eigenvalue weighted by Crippen LogP contribution is 2.42. The largest absolute Gasteiger partial charge is 0.480 e. The molecular weight excluding hydrogens is 442 g/mol. The number of rotatable bonds is 9. The van der Waals surface area contributed by atoms with Crippen LogP contribution in [-0.4, -0.2) is 37.2 Å². The number of aromatic carboxylic acids is 1. The summed E-state index contributed by atoms with van der Waals surface area (Å²) in [4.78, 5) is 22.8. The van der Waals surface area contributed by atoms with Gasteiger partial charge in [0.05, 0.1) is 5.75 Å². The van der Waals surface area contributed by atoms with Crippen LogP contribution in [0.1, 0.15) is 20.8 Å². The van der Waals surface area contributed by atoms with E-state index in [1.165, 1.54) is 0 Å². The predicted molar refractivity (Wildman–Crippen MR) is 117 cm³/mol. The topological polar surface area (TPSA) is 130 Å². The molecule has 31 heavy (non-hydrogen) atoms. The number of benzene rings is 2. The number of hydrogen-bond acceptors (Lipinski definition) is 6. The van der Waals surface area contributed by atoms with Crippen LogP contribution in [0, 0.1) is 6.92 Å². The molecule has 3 N–H and O–H groups in total. The summed E-state index contributed by atoms with van der Waals surface area (Å²) in [6, 6.07) is 15.3. The maximum Gasteiger partial charge on any atom is 0.349 e. The van der Waals surface area contributed by atoms with Crippen molar-refractivity contribution in [2.75, 3.05) is 11.3 Å². The van der Waals surface area contributed by atoms with Crippen molar-refractivity contribution in [1.82, 2.24) is 0 Å². The Morgan fingerprint density at radius 3 is 2.42 bits per heavy atom. The number of sulfonamides is 1. The Bertz CT molecular complexity index is 1220. The van der Waals surface area contributed by atoms with E-state index >= 15 is 0 Å². The van der Waals surface area contributed by atoms with Gasteiger partial charge in [-0.2, -0.15) is 0 Å². The minimum absolute atomic E-state index is 0.00930. The third-order valence-electron chi connectivity index (χ3n) is 4.22. The Labute approximate surface area is 182 Å². The van der Waals surface area contributed by atoms with Crippen molar-refractivity contribution in [2.45, 2.75) is 12.7 Å². The van der Waals surface area contributed by atoms with E-state index in [9.17, 15) is 23.1 Å². The highest BCUT2D eigenvalue weighted by molar-refractivity contribution is 7.91. The molecule has 10 heteroatoms. The SMILES string of the molecule is Cc1c(-c2cccc(NS(=O)(=O)Cc3ccccc3)c2)sc(C(=O)O)c1OCC(=O)O. The second-order valence-electron chi connectivity index (χ2n) is 6.63. The van der Waals surface area contributed by atoms with E-state index in [0.717, 1.165) is 11.3 Å². The van der Waals surface area contributed by atoms with Crippen LogP contribution in [0.25, 0.3) is 10.4 Å². The summed E-state index contributed by atoms with van der Waals surface area (Å²) in [6.07, 6.45) is 0. The smallest absolute Gasteiger partial charge is 0.349 e. The first-order valence-corrected chi connectivity index (χ1v) is 11.5. The second kappa shape index (κ2) is 9.19. The number of nitrogens with one attached hydrogen (secondary N) is 1. The Hall–Kier alpha value is -3.37. The lowest BCUT2D eigenvalue weighted by atomic mass is 10.1. The fourth-order valence-corrected chi connectivity index (χ4v) is 5.23. The molecule has 0 amide bonds. The van der Waals surface area contributed by atoms with Crippen LogP contribution in [0.5, 0.6) is 5.75 Å². The number of ether oxygens (including phenoxy) is 1. The molecule has 8 nitrogen and oxygen atoms in total. The van der Waals surface area contributed by atoms with Gasteiger partial charge in [-0.15, -0.1) is 11.3 Å². The van der Waals surface area contributed by atoms with Gasteiger partial charge in [-0.3, -0.25) is 4.72 Å². The minimum Gasteiger partial charge on any atom is -0.480 e. The molecule has 1 heterocycles. The molecule has 0 aliphatic heterocycles.